The van der Waals surface area contributed by atoms with Gasteiger partial charge in [0.05, 0.1) is 0 Å². The highest BCUT2D eigenvalue weighted by Crippen LogP contribution is 2.50. The molecule has 2 aliphatic carbocycles. The Balaban J connectivity index is 1.80. The van der Waals surface area contributed by atoms with Crippen molar-refractivity contribution in [1.29, 1.82) is 0 Å². The maximum Gasteiger partial charge on any atom is 0.00721 e. The summed E-state index contributed by atoms with van der Waals surface area (Å²) in [4.78, 5) is 0. The summed E-state index contributed by atoms with van der Waals surface area (Å²) in [5.74, 6) is 4.10. The number of rotatable bonds is 6. The largest absolute Gasteiger partial charge is 0.314 e. The molecule has 0 saturated heterocycles. The van der Waals surface area contributed by atoms with E-state index in [1.165, 1.54) is 25.7 Å². The first-order valence-corrected chi connectivity index (χ1v) is 7.42. The van der Waals surface area contributed by atoms with Crippen LogP contribution in [-0.4, -0.2) is 12.6 Å². The third-order valence-corrected chi connectivity index (χ3v) is 4.72. The van der Waals surface area contributed by atoms with Gasteiger partial charge in [-0.15, -0.1) is 0 Å². The van der Waals surface area contributed by atoms with Gasteiger partial charge < -0.3 is 5.32 Å². The highest BCUT2D eigenvalue weighted by atomic mass is 14.9. The van der Waals surface area contributed by atoms with Gasteiger partial charge in [-0.25, -0.2) is 0 Å². The van der Waals surface area contributed by atoms with Crippen LogP contribution in [0.1, 0.15) is 59.3 Å². The molecule has 0 amide bonds. The van der Waals surface area contributed by atoms with Crippen LogP contribution in [0.5, 0.6) is 0 Å². The molecule has 2 rings (SSSR count). The number of hydrogen-bond donors (Lipinski definition) is 1. The lowest BCUT2D eigenvalue weighted by atomic mass is 9.82. The fourth-order valence-corrected chi connectivity index (χ4v) is 4.15. The lowest BCUT2D eigenvalue weighted by Crippen LogP contribution is -2.33. The second-order valence-corrected chi connectivity index (χ2v) is 6.55. The quantitative estimate of drug-likeness (QED) is 0.721. The molecule has 2 saturated carbocycles. The van der Waals surface area contributed by atoms with E-state index >= 15 is 0 Å². The molecule has 4 unspecified atom stereocenters. The van der Waals surface area contributed by atoms with E-state index in [1.807, 2.05) is 0 Å². The maximum absolute atomic E-state index is 3.70. The first-order chi connectivity index (χ1) is 7.69. The van der Waals surface area contributed by atoms with Crippen LogP contribution in [0.3, 0.4) is 0 Å². The monoisotopic (exact) mass is 223 g/mol. The van der Waals surface area contributed by atoms with Crippen molar-refractivity contribution in [3.63, 3.8) is 0 Å². The first-order valence-electron chi connectivity index (χ1n) is 7.42. The Morgan fingerprint density at radius 1 is 1.19 bits per heavy atom. The Kier molecular flexibility index (Phi) is 4.29. The van der Waals surface area contributed by atoms with E-state index < -0.39 is 0 Å². The van der Waals surface area contributed by atoms with Gasteiger partial charge in [0.2, 0.25) is 0 Å². The molecule has 2 aliphatic rings. The predicted octanol–water partition coefficient (Wildman–Crippen LogP) is 3.84. The van der Waals surface area contributed by atoms with Gasteiger partial charge in [-0.1, -0.05) is 27.2 Å². The molecule has 1 heteroatoms. The summed E-state index contributed by atoms with van der Waals surface area (Å²) in [6.45, 7) is 8.09. The minimum absolute atomic E-state index is 0.786. The third-order valence-electron chi connectivity index (χ3n) is 4.72. The third kappa shape index (κ3) is 3.00. The van der Waals surface area contributed by atoms with Crippen LogP contribution in [0.4, 0.5) is 0 Å². The highest BCUT2D eigenvalue weighted by Gasteiger charge is 2.39. The Labute approximate surface area is 101 Å². The Morgan fingerprint density at radius 3 is 2.50 bits per heavy atom. The molecule has 0 heterocycles. The molecule has 0 aromatic heterocycles. The van der Waals surface area contributed by atoms with Gasteiger partial charge in [0.1, 0.15) is 0 Å². The maximum atomic E-state index is 3.70. The summed E-state index contributed by atoms with van der Waals surface area (Å²) in [7, 11) is 0. The molecule has 1 nitrogen and oxygen atoms in total. The average molecular weight is 223 g/mol. The van der Waals surface area contributed by atoms with Crippen LogP contribution >= 0.6 is 0 Å². The summed E-state index contributed by atoms with van der Waals surface area (Å²) < 4.78 is 0. The van der Waals surface area contributed by atoms with Crippen LogP contribution < -0.4 is 5.32 Å². The number of hydrogen-bond acceptors (Lipinski definition) is 1. The van der Waals surface area contributed by atoms with Crippen molar-refractivity contribution in [1.82, 2.24) is 5.32 Å². The average Bonchev–Trinajstić information content (AvgIpc) is 2.78. The zero-order valence-corrected chi connectivity index (χ0v) is 11.3. The minimum atomic E-state index is 0.786. The highest BCUT2D eigenvalue weighted by molar-refractivity contribution is 4.91. The summed E-state index contributed by atoms with van der Waals surface area (Å²) in [6.07, 6.45) is 9.00. The molecule has 0 radical (unpaired) electrons. The molecule has 1 N–H and O–H groups in total. The summed E-state index contributed by atoms with van der Waals surface area (Å²) >= 11 is 0. The zero-order valence-electron chi connectivity index (χ0n) is 11.3. The smallest absolute Gasteiger partial charge is 0.00721 e. The van der Waals surface area contributed by atoms with E-state index in [0.717, 1.165) is 36.3 Å². The lowest BCUT2D eigenvalue weighted by molar-refractivity contribution is 0.263. The first kappa shape index (κ1) is 12.4. The van der Waals surface area contributed by atoms with Gasteiger partial charge in [0.25, 0.3) is 0 Å². The van der Waals surface area contributed by atoms with Crippen molar-refractivity contribution in [2.75, 3.05) is 6.54 Å². The van der Waals surface area contributed by atoms with Crippen molar-refractivity contribution in [3.05, 3.63) is 0 Å². The lowest BCUT2D eigenvalue weighted by Gasteiger charge is -2.28. The molecule has 0 aromatic rings. The van der Waals surface area contributed by atoms with E-state index in [2.05, 4.69) is 26.1 Å². The van der Waals surface area contributed by atoms with Gasteiger partial charge in [-0.3, -0.25) is 0 Å². The molecule has 16 heavy (non-hydrogen) atoms. The van der Waals surface area contributed by atoms with E-state index in [4.69, 9.17) is 0 Å². The van der Waals surface area contributed by atoms with Crippen molar-refractivity contribution >= 4 is 0 Å². The van der Waals surface area contributed by atoms with Gasteiger partial charge in [-0.2, -0.15) is 0 Å². The number of fused-ring (bicyclic) bond motifs is 2. The molecule has 94 valence electrons. The van der Waals surface area contributed by atoms with E-state index in [-0.39, 0.29) is 0 Å². The normalized spacial score (nSPS) is 34.9. The van der Waals surface area contributed by atoms with E-state index in [9.17, 15) is 0 Å². The summed E-state index contributed by atoms with van der Waals surface area (Å²) in [5.41, 5.74) is 0. The SMILES string of the molecule is CCNC(CC(C)C)CC1CC2CCC1C2. The molecule has 0 spiro atoms. The van der Waals surface area contributed by atoms with Crippen molar-refractivity contribution in [2.45, 2.75) is 65.3 Å². The Bertz CT molecular complexity index is 211. The van der Waals surface area contributed by atoms with Crippen LogP contribution in [0.25, 0.3) is 0 Å². The van der Waals surface area contributed by atoms with Crippen molar-refractivity contribution in [2.24, 2.45) is 23.7 Å². The Hall–Kier alpha value is -0.0400. The minimum Gasteiger partial charge on any atom is -0.314 e. The Morgan fingerprint density at radius 2 is 2.00 bits per heavy atom. The summed E-state index contributed by atoms with van der Waals surface area (Å²) in [5, 5.41) is 3.70. The van der Waals surface area contributed by atoms with E-state index in [0.29, 0.717) is 0 Å². The molecule has 2 fully saturated rings. The van der Waals surface area contributed by atoms with Gasteiger partial charge >= 0.3 is 0 Å². The van der Waals surface area contributed by atoms with Gasteiger partial charge in [0.15, 0.2) is 0 Å². The van der Waals surface area contributed by atoms with Crippen LogP contribution in [0.2, 0.25) is 0 Å². The van der Waals surface area contributed by atoms with Crippen LogP contribution in [0.15, 0.2) is 0 Å². The van der Waals surface area contributed by atoms with Crippen LogP contribution in [0, 0.1) is 23.7 Å². The van der Waals surface area contributed by atoms with Crippen LogP contribution in [-0.2, 0) is 0 Å². The second-order valence-electron chi connectivity index (χ2n) is 6.55. The predicted molar refractivity (Wildman–Crippen MR) is 70.5 cm³/mol. The molecule has 2 bridgehead atoms. The molecule has 4 atom stereocenters. The van der Waals surface area contributed by atoms with E-state index in [1.54, 1.807) is 12.8 Å². The van der Waals surface area contributed by atoms with Gasteiger partial charge in [0, 0.05) is 6.04 Å². The fourth-order valence-electron chi connectivity index (χ4n) is 4.15. The molecular weight excluding hydrogens is 194 g/mol. The fraction of sp³-hybridized carbons (Fsp3) is 1.00. The topological polar surface area (TPSA) is 12.0 Å². The van der Waals surface area contributed by atoms with Gasteiger partial charge in [-0.05, 0) is 62.3 Å². The standard InChI is InChI=1S/C15H29N/c1-4-16-15(7-11(2)3)10-14-9-12-5-6-13(14)8-12/h11-16H,4-10H2,1-3H3. The van der Waals surface area contributed by atoms with Crippen molar-refractivity contribution in [3.8, 4) is 0 Å². The summed E-state index contributed by atoms with van der Waals surface area (Å²) in [6, 6.07) is 0.786. The molecular formula is C15H29N. The molecule has 0 aromatic carbocycles. The zero-order chi connectivity index (χ0) is 11.5. The second kappa shape index (κ2) is 5.53. The number of nitrogens with one attached hydrogen (secondary N) is 1. The van der Waals surface area contributed by atoms with Crippen molar-refractivity contribution < 1.29 is 0 Å². The molecule has 0 aliphatic heterocycles.